The fourth-order valence-electron chi connectivity index (χ4n) is 2.42. The number of halogens is 2. The van der Waals surface area contributed by atoms with Gasteiger partial charge in [0.1, 0.15) is 19.0 Å². The molecule has 0 fully saturated rings. The van der Waals surface area contributed by atoms with E-state index in [2.05, 4.69) is 21.2 Å². The van der Waals surface area contributed by atoms with Crippen LogP contribution in [0, 0.1) is 5.82 Å². The van der Waals surface area contributed by atoms with Crippen LogP contribution in [-0.4, -0.2) is 19.8 Å². The number of hydrogen-bond donors (Lipinski definition) is 1. The molecule has 0 atom stereocenters. The molecule has 2 aromatic carbocycles. The van der Waals surface area contributed by atoms with Crippen LogP contribution in [0.1, 0.15) is 11.1 Å². The molecule has 2 aromatic rings. The maximum Gasteiger partial charge on any atom is 0.175 e. The quantitative estimate of drug-likeness (QED) is 0.819. The fraction of sp³-hybridized carbons (Fsp3) is 0.294. The lowest BCUT2D eigenvalue weighted by atomic mass is 10.1. The first kappa shape index (κ1) is 15.3. The summed E-state index contributed by atoms with van der Waals surface area (Å²) in [5, 5.41) is 3.33. The molecule has 22 heavy (non-hydrogen) atoms. The van der Waals surface area contributed by atoms with Crippen LogP contribution < -0.4 is 14.8 Å². The summed E-state index contributed by atoms with van der Waals surface area (Å²) in [6.07, 6.45) is 0.665. The molecule has 116 valence electrons. The normalized spacial score (nSPS) is 13.2. The molecule has 0 bridgehead atoms. The van der Waals surface area contributed by atoms with Crippen molar-refractivity contribution in [2.45, 2.75) is 13.0 Å². The van der Waals surface area contributed by atoms with Crippen molar-refractivity contribution in [1.82, 2.24) is 5.32 Å². The maximum absolute atomic E-state index is 13.5. The summed E-state index contributed by atoms with van der Waals surface area (Å²) in [6, 6.07) is 10.9. The Bertz CT molecular complexity index is 663. The van der Waals surface area contributed by atoms with Gasteiger partial charge in [-0.15, -0.1) is 0 Å². The van der Waals surface area contributed by atoms with Crippen LogP contribution in [-0.2, 0) is 13.0 Å². The van der Waals surface area contributed by atoms with Gasteiger partial charge in [-0.2, -0.15) is 0 Å². The van der Waals surface area contributed by atoms with Gasteiger partial charge in [0, 0.05) is 6.54 Å². The van der Waals surface area contributed by atoms with E-state index in [1.807, 2.05) is 24.3 Å². The second-order valence-electron chi connectivity index (χ2n) is 5.12. The molecule has 0 aliphatic carbocycles. The van der Waals surface area contributed by atoms with Crippen molar-refractivity contribution >= 4 is 15.9 Å². The Morgan fingerprint density at radius 1 is 1.14 bits per heavy atom. The molecular weight excluding hydrogens is 349 g/mol. The highest BCUT2D eigenvalue weighted by molar-refractivity contribution is 9.10. The van der Waals surface area contributed by atoms with E-state index in [1.54, 1.807) is 6.07 Å². The van der Waals surface area contributed by atoms with Gasteiger partial charge in [0.25, 0.3) is 0 Å². The highest BCUT2D eigenvalue weighted by atomic mass is 79.9. The first-order valence-corrected chi connectivity index (χ1v) is 8.05. The third kappa shape index (κ3) is 3.59. The van der Waals surface area contributed by atoms with Crippen LogP contribution in [0.5, 0.6) is 11.5 Å². The molecule has 5 heteroatoms. The van der Waals surface area contributed by atoms with Crippen LogP contribution in [0.2, 0.25) is 0 Å². The molecule has 0 spiro atoms. The van der Waals surface area contributed by atoms with Crippen molar-refractivity contribution in [2.24, 2.45) is 0 Å². The largest absolute Gasteiger partial charge is 0.486 e. The standard InChI is InChI=1S/C17H17BrFNO2/c18-14-9-12(10-16-17(14)22-8-7-21-16)11-20-6-5-13-3-1-2-4-15(13)19/h1-4,9-10,20H,5-8,11H2. The summed E-state index contributed by atoms with van der Waals surface area (Å²) in [4.78, 5) is 0. The van der Waals surface area contributed by atoms with Gasteiger partial charge in [0.05, 0.1) is 4.47 Å². The molecule has 3 rings (SSSR count). The molecule has 0 unspecified atom stereocenters. The van der Waals surface area contributed by atoms with Crippen molar-refractivity contribution in [3.8, 4) is 11.5 Å². The number of nitrogens with one attached hydrogen (secondary N) is 1. The van der Waals surface area contributed by atoms with E-state index in [0.29, 0.717) is 32.7 Å². The second-order valence-corrected chi connectivity index (χ2v) is 5.97. The first-order chi connectivity index (χ1) is 10.7. The molecule has 1 aliphatic heterocycles. The van der Waals surface area contributed by atoms with E-state index in [9.17, 15) is 4.39 Å². The summed E-state index contributed by atoms with van der Waals surface area (Å²) in [6.45, 7) is 2.56. The van der Waals surface area contributed by atoms with E-state index >= 15 is 0 Å². The van der Waals surface area contributed by atoms with Gasteiger partial charge in [-0.05, 0) is 58.2 Å². The first-order valence-electron chi connectivity index (χ1n) is 7.26. The number of ether oxygens (including phenoxy) is 2. The van der Waals surface area contributed by atoms with Crippen molar-refractivity contribution < 1.29 is 13.9 Å². The summed E-state index contributed by atoms with van der Waals surface area (Å²) in [5.41, 5.74) is 1.84. The topological polar surface area (TPSA) is 30.5 Å². The molecular formula is C17H17BrFNO2. The lowest BCUT2D eigenvalue weighted by Gasteiger charge is -2.20. The third-order valence-electron chi connectivity index (χ3n) is 3.51. The van der Waals surface area contributed by atoms with Crippen LogP contribution in [0.25, 0.3) is 0 Å². The molecule has 0 aromatic heterocycles. The Kier molecular flexibility index (Phi) is 4.95. The zero-order chi connectivity index (χ0) is 15.4. The van der Waals surface area contributed by atoms with E-state index in [4.69, 9.17) is 9.47 Å². The lowest BCUT2D eigenvalue weighted by molar-refractivity contribution is 0.170. The van der Waals surface area contributed by atoms with E-state index < -0.39 is 0 Å². The number of rotatable bonds is 5. The number of benzene rings is 2. The lowest BCUT2D eigenvalue weighted by Crippen LogP contribution is -2.19. The van der Waals surface area contributed by atoms with Gasteiger partial charge in [-0.3, -0.25) is 0 Å². The predicted molar refractivity (Wildman–Crippen MR) is 86.9 cm³/mol. The van der Waals surface area contributed by atoms with Gasteiger partial charge in [0.2, 0.25) is 0 Å². The van der Waals surface area contributed by atoms with Crippen molar-refractivity contribution in [2.75, 3.05) is 19.8 Å². The Balaban J connectivity index is 1.56. The van der Waals surface area contributed by atoms with Crippen molar-refractivity contribution in [3.63, 3.8) is 0 Å². The van der Waals surface area contributed by atoms with Gasteiger partial charge in [0.15, 0.2) is 11.5 Å². The van der Waals surface area contributed by atoms with Gasteiger partial charge >= 0.3 is 0 Å². The van der Waals surface area contributed by atoms with Crippen LogP contribution in [0.3, 0.4) is 0 Å². The van der Waals surface area contributed by atoms with Gasteiger partial charge < -0.3 is 14.8 Å². The summed E-state index contributed by atoms with van der Waals surface area (Å²) < 4.78 is 25.6. The number of hydrogen-bond acceptors (Lipinski definition) is 3. The molecule has 3 nitrogen and oxygen atoms in total. The monoisotopic (exact) mass is 365 g/mol. The smallest absolute Gasteiger partial charge is 0.175 e. The SMILES string of the molecule is Fc1ccccc1CCNCc1cc(Br)c2c(c1)OCCO2. The zero-order valence-corrected chi connectivity index (χ0v) is 13.7. The Morgan fingerprint density at radius 3 is 2.82 bits per heavy atom. The Labute approximate surface area is 137 Å². The minimum absolute atomic E-state index is 0.147. The summed E-state index contributed by atoms with van der Waals surface area (Å²) >= 11 is 3.51. The molecule has 1 heterocycles. The van der Waals surface area contributed by atoms with Crippen molar-refractivity contribution in [3.05, 3.63) is 57.8 Å². The van der Waals surface area contributed by atoms with Crippen molar-refractivity contribution in [1.29, 1.82) is 0 Å². The molecule has 0 amide bonds. The summed E-state index contributed by atoms with van der Waals surface area (Å²) in [7, 11) is 0. The van der Waals surface area contributed by atoms with E-state index in [1.165, 1.54) is 6.07 Å². The molecule has 1 aliphatic rings. The molecule has 0 saturated carbocycles. The average molecular weight is 366 g/mol. The molecule has 1 N–H and O–H groups in total. The maximum atomic E-state index is 13.5. The molecule has 0 saturated heterocycles. The Morgan fingerprint density at radius 2 is 1.95 bits per heavy atom. The van der Waals surface area contributed by atoms with E-state index in [0.717, 1.165) is 27.1 Å². The minimum atomic E-state index is -0.147. The highest BCUT2D eigenvalue weighted by Crippen LogP contribution is 2.38. The number of fused-ring (bicyclic) bond motifs is 1. The van der Waals surface area contributed by atoms with Gasteiger partial charge in [-0.1, -0.05) is 18.2 Å². The second kappa shape index (κ2) is 7.11. The molecule has 0 radical (unpaired) electrons. The Hall–Kier alpha value is -1.59. The van der Waals surface area contributed by atoms with E-state index in [-0.39, 0.29) is 5.82 Å². The predicted octanol–water partition coefficient (Wildman–Crippen LogP) is 3.69. The fourth-order valence-corrected chi connectivity index (χ4v) is 3.03. The van der Waals surface area contributed by atoms with Crippen LogP contribution >= 0.6 is 15.9 Å². The highest BCUT2D eigenvalue weighted by Gasteiger charge is 2.16. The third-order valence-corrected chi connectivity index (χ3v) is 4.10. The minimum Gasteiger partial charge on any atom is -0.486 e. The average Bonchev–Trinajstić information content (AvgIpc) is 2.53. The van der Waals surface area contributed by atoms with Crippen LogP contribution in [0.4, 0.5) is 4.39 Å². The summed E-state index contributed by atoms with van der Waals surface area (Å²) in [5.74, 6) is 1.39. The zero-order valence-electron chi connectivity index (χ0n) is 12.1. The van der Waals surface area contributed by atoms with Gasteiger partial charge in [-0.25, -0.2) is 4.39 Å². The van der Waals surface area contributed by atoms with Crippen LogP contribution in [0.15, 0.2) is 40.9 Å².